The van der Waals surface area contributed by atoms with Gasteiger partial charge in [0.05, 0.1) is 12.3 Å². The molecule has 29 heavy (non-hydrogen) atoms. The fourth-order valence-corrected chi connectivity index (χ4v) is 3.78. The third-order valence-electron chi connectivity index (χ3n) is 4.07. The quantitative estimate of drug-likeness (QED) is 0.478. The maximum atomic E-state index is 12.8. The van der Waals surface area contributed by atoms with E-state index in [-0.39, 0.29) is 10.8 Å². The van der Waals surface area contributed by atoms with Gasteiger partial charge in [-0.3, -0.25) is 4.72 Å². The van der Waals surface area contributed by atoms with Gasteiger partial charge in [-0.15, -0.1) is 10.2 Å². The molecule has 2 N–H and O–H groups in total. The zero-order chi connectivity index (χ0) is 20.3. The van der Waals surface area contributed by atoms with Gasteiger partial charge in [-0.2, -0.15) is 0 Å². The van der Waals surface area contributed by atoms with E-state index in [4.69, 9.17) is 9.15 Å². The molecule has 2 aromatic carbocycles. The molecule has 8 nitrogen and oxygen atoms in total. The second-order valence-electron chi connectivity index (χ2n) is 6.06. The summed E-state index contributed by atoms with van der Waals surface area (Å²) < 4.78 is 39.2. The van der Waals surface area contributed by atoms with Crippen molar-refractivity contribution in [1.82, 2.24) is 15.2 Å². The number of benzene rings is 2. The summed E-state index contributed by atoms with van der Waals surface area (Å²) >= 11 is 0. The molecule has 0 aliphatic rings. The van der Waals surface area contributed by atoms with Crippen LogP contribution in [0.5, 0.6) is 5.75 Å². The number of para-hydroxylation sites is 2. The Kier molecular flexibility index (Phi) is 5.05. The third-order valence-corrected chi connectivity index (χ3v) is 5.42. The molecule has 0 atom stereocenters. The first kappa shape index (κ1) is 18.8. The molecule has 0 saturated carbocycles. The average Bonchev–Trinajstić information content (AvgIpc) is 3.40. The van der Waals surface area contributed by atoms with Crippen molar-refractivity contribution in [1.29, 1.82) is 0 Å². The number of rotatable bonds is 7. The number of nitrogens with one attached hydrogen (secondary N) is 2. The highest BCUT2D eigenvalue weighted by Crippen LogP contribution is 2.28. The third kappa shape index (κ3) is 3.99. The highest BCUT2D eigenvalue weighted by Gasteiger charge is 2.20. The largest absolute Gasteiger partial charge is 0.492 e. The SMILES string of the molecule is CCOc1ccccc1NS(=O)(=O)c1c[nH]c(-c2nnc(-c3ccccc3)o2)c1. The van der Waals surface area contributed by atoms with E-state index < -0.39 is 10.0 Å². The number of hydrogen-bond donors (Lipinski definition) is 2. The number of H-pyrrole nitrogens is 1. The molecule has 0 aliphatic carbocycles. The van der Waals surface area contributed by atoms with Crippen LogP contribution >= 0.6 is 0 Å². The van der Waals surface area contributed by atoms with Gasteiger partial charge in [0.25, 0.3) is 15.9 Å². The summed E-state index contributed by atoms with van der Waals surface area (Å²) in [7, 11) is -3.84. The first-order chi connectivity index (χ1) is 14.1. The zero-order valence-electron chi connectivity index (χ0n) is 15.5. The van der Waals surface area contributed by atoms with Gasteiger partial charge in [0.1, 0.15) is 16.3 Å². The Morgan fingerprint density at radius 2 is 1.76 bits per heavy atom. The highest BCUT2D eigenvalue weighted by molar-refractivity contribution is 7.92. The van der Waals surface area contributed by atoms with Crippen LogP contribution in [0.4, 0.5) is 5.69 Å². The van der Waals surface area contributed by atoms with Crippen LogP contribution < -0.4 is 9.46 Å². The predicted octanol–water partition coefficient (Wildman–Crippen LogP) is 3.93. The molecular weight excluding hydrogens is 392 g/mol. The fraction of sp³-hybridized carbons (Fsp3) is 0.100. The number of sulfonamides is 1. The van der Waals surface area contributed by atoms with Crippen LogP contribution in [0.3, 0.4) is 0 Å². The molecule has 0 amide bonds. The summed E-state index contributed by atoms with van der Waals surface area (Å²) in [5, 5.41) is 8.01. The van der Waals surface area contributed by atoms with E-state index in [1.807, 2.05) is 37.3 Å². The van der Waals surface area contributed by atoms with E-state index in [2.05, 4.69) is 19.9 Å². The molecule has 0 saturated heterocycles. The Morgan fingerprint density at radius 1 is 1.03 bits per heavy atom. The molecule has 0 fully saturated rings. The minimum Gasteiger partial charge on any atom is -0.492 e. The van der Waals surface area contributed by atoms with Crippen molar-refractivity contribution in [3.63, 3.8) is 0 Å². The number of hydrogen-bond acceptors (Lipinski definition) is 6. The standard InChI is InChI=1S/C20H18N4O4S/c1-2-27-18-11-7-6-10-16(18)24-29(25,26)15-12-17(21-13-15)20-23-22-19(28-20)14-8-4-3-5-9-14/h3-13,21,24H,2H2,1H3. The Bertz CT molecular complexity index is 1220. The Labute approximate surface area is 167 Å². The second kappa shape index (κ2) is 7.80. The second-order valence-corrected chi connectivity index (χ2v) is 7.74. The van der Waals surface area contributed by atoms with Crippen LogP contribution in [-0.4, -0.2) is 30.2 Å². The first-order valence-electron chi connectivity index (χ1n) is 8.89. The molecule has 0 bridgehead atoms. The molecule has 4 rings (SSSR count). The minimum absolute atomic E-state index is 0.0401. The number of anilines is 1. The number of ether oxygens (including phenoxy) is 1. The van der Waals surface area contributed by atoms with Crippen molar-refractivity contribution in [3.8, 4) is 28.8 Å². The molecule has 0 spiro atoms. The summed E-state index contributed by atoms with van der Waals surface area (Å²) in [5.41, 5.74) is 1.54. The van der Waals surface area contributed by atoms with Crippen LogP contribution in [0.2, 0.25) is 0 Å². The van der Waals surface area contributed by atoms with Gasteiger partial charge in [-0.05, 0) is 37.3 Å². The summed E-state index contributed by atoms with van der Waals surface area (Å²) in [5.74, 6) is 1.00. The maximum Gasteiger partial charge on any atom is 0.264 e. The Balaban J connectivity index is 1.58. The van der Waals surface area contributed by atoms with Crippen molar-refractivity contribution >= 4 is 15.7 Å². The van der Waals surface area contributed by atoms with Gasteiger partial charge >= 0.3 is 0 Å². The summed E-state index contributed by atoms with van der Waals surface area (Å²) in [6, 6.07) is 17.6. The van der Waals surface area contributed by atoms with Gasteiger partial charge in [0.15, 0.2) is 0 Å². The van der Waals surface area contributed by atoms with Gasteiger partial charge in [0.2, 0.25) is 5.89 Å². The lowest BCUT2D eigenvalue weighted by molar-refractivity contribution is 0.342. The molecule has 4 aromatic rings. The summed E-state index contributed by atoms with van der Waals surface area (Å²) in [4.78, 5) is 2.91. The molecular formula is C20H18N4O4S. The molecule has 9 heteroatoms. The van der Waals surface area contributed by atoms with E-state index in [9.17, 15) is 8.42 Å². The van der Waals surface area contributed by atoms with Crippen LogP contribution in [0.25, 0.3) is 23.0 Å². The van der Waals surface area contributed by atoms with Crippen LogP contribution in [0.15, 0.2) is 76.2 Å². The predicted molar refractivity (Wildman–Crippen MR) is 108 cm³/mol. The summed E-state index contributed by atoms with van der Waals surface area (Å²) in [6.07, 6.45) is 1.37. The number of aromatic nitrogens is 3. The van der Waals surface area contributed by atoms with Gasteiger partial charge in [0, 0.05) is 11.8 Å². The fourth-order valence-electron chi connectivity index (χ4n) is 2.72. The van der Waals surface area contributed by atoms with E-state index >= 15 is 0 Å². The van der Waals surface area contributed by atoms with Crippen molar-refractivity contribution in [2.75, 3.05) is 11.3 Å². The van der Waals surface area contributed by atoms with Crippen molar-refractivity contribution in [3.05, 3.63) is 66.9 Å². The van der Waals surface area contributed by atoms with Crippen molar-refractivity contribution in [2.24, 2.45) is 0 Å². The lowest BCUT2D eigenvalue weighted by Crippen LogP contribution is -2.13. The smallest absolute Gasteiger partial charge is 0.264 e. The van der Waals surface area contributed by atoms with Crippen LogP contribution in [0, 0.1) is 0 Å². The number of nitrogens with zero attached hydrogens (tertiary/aromatic N) is 2. The van der Waals surface area contributed by atoms with E-state index in [1.54, 1.807) is 24.3 Å². The average molecular weight is 410 g/mol. The maximum absolute atomic E-state index is 12.8. The van der Waals surface area contributed by atoms with E-state index in [0.29, 0.717) is 29.6 Å². The number of aromatic amines is 1. The lowest BCUT2D eigenvalue weighted by Gasteiger charge is -2.11. The highest BCUT2D eigenvalue weighted by atomic mass is 32.2. The Morgan fingerprint density at radius 3 is 2.55 bits per heavy atom. The van der Waals surface area contributed by atoms with Crippen LogP contribution in [-0.2, 0) is 10.0 Å². The molecule has 0 unspecified atom stereocenters. The molecule has 2 heterocycles. The molecule has 0 radical (unpaired) electrons. The monoisotopic (exact) mass is 410 g/mol. The lowest BCUT2D eigenvalue weighted by atomic mass is 10.2. The van der Waals surface area contributed by atoms with Crippen molar-refractivity contribution in [2.45, 2.75) is 11.8 Å². The molecule has 0 aliphatic heterocycles. The molecule has 148 valence electrons. The summed E-state index contributed by atoms with van der Waals surface area (Å²) in [6.45, 7) is 2.26. The van der Waals surface area contributed by atoms with Gasteiger partial charge < -0.3 is 14.1 Å². The molecule has 2 aromatic heterocycles. The van der Waals surface area contributed by atoms with Crippen molar-refractivity contribution < 1.29 is 17.6 Å². The van der Waals surface area contributed by atoms with E-state index in [1.165, 1.54) is 12.3 Å². The van der Waals surface area contributed by atoms with Gasteiger partial charge in [-0.1, -0.05) is 30.3 Å². The normalized spacial score (nSPS) is 11.3. The first-order valence-corrected chi connectivity index (χ1v) is 10.4. The Hall–Kier alpha value is -3.59. The zero-order valence-corrected chi connectivity index (χ0v) is 16.3. The van der Waals surface area contributed by atoms with Crippen LogP contribution in [0.1, 0.15) is 6.92 Å². The topological polar surface area (TPSA) is 110 Å². The van der Waals surface area contributed by atoms with E-state index in [0.717, 1.165) is 5.56 Å². The minimum atomic E-state index is -3.84. The van der Waals surface area contributed by atoms with Gasteiger partial charge in [-0.25, -0.2) is 8.42 Å².